The van der Waals surface area contributed by atoms with Crippen molar-refractivity contribution in [3.63, 3.8) is 0 Å². The molecule has 1 atom stereocenters. The number of amides is 1. The van der Waals surface area contributed by atoms with Gasteiger partial charge in [-0.2, -0.15) is 0 Å². The van der Waals surface area contributed by atoms with Crippen LogP contribution in [-0.4, -0.2) is 40.5 Å². The third-order valence-corrected chi connectivity index (χ3v) is 3.03. The van der Waals surface area contributed by atoms with Crippen LogP contribution in [0.2, 0.25) is 0 Å². The Morgan fingerprint density at radius 2 is 2.22 bits per heavy atom. The standard InChI is InChI=1S/C12H14N2O4/c1-7(15)14-6-5-9-8(11(14)12(16)17)3-4-10(13-9)18-2/h3-4,11H,5-6H2,1-2H3,(H,16,17). The molecule has 1 aliphatic rings. The van der Waals surface area contributed by atoms with E-state index >= 15 is 0 Å². The molecule has 0 fully saturated rings. The second-order valence-corrected chi connectivity index (χ2v) is 4.09. The highest BCUT2D eigenvalue weighted by Gasteiger charge is 2.35. The maximum atomic E-state index is 11.5. The highest BCUT2D eigenvalue weighted by Crippen LogP contribution is 2.30. The molecule has 6 heteroatoms. The van der Waals surface area contributed by atoms with Crippen LogP contribution in [0.5, 0.6) is 5.88 Å². The average Bonchev–Trinajstić information content (AvgIpc) is 2.36. The zero-order chi connectivity index (χ0) is 13.3. The van der Waals surface area contributed by atoms with Crippen molar-refractivity contribution in [2.75, 3.05) is 13.7 Å². The topological polar surface area (TPSA) is 79.7 Å². The molecule has 0 saturated heterocycles. The van der Waals surface area contributed by atoms with Gasteiger partial charge in [0.2, 0.25) is 11.8 Å². The largest absolute Gasteiger partial charge is 0.481 e. The van der Waals surface area contributed by atoms with Gasteiger partial charge in [0.15, 0.2) is 6.04 Å². The summed E-state index contributed by atoms with van der Waals surface area (Å²) in [7, 11) is 1.51. The number of pyridine rings is 1. The van der Waals surface area contributed by atoms with Gasteiger partial charge >= 0.3 is 5.97 Å². The first-order valence-corrected chi connectivity index (χ1v) is 5.58. The van der Waals surface area contributed by atoms with Gasteiger partial charge in [0.05, 0.1) is 12.8 Å². The second kappa shape index (κ2) is 4.64. The number of carboxylic acids is 1. The summed E-state index contributed by atoms with van der Waals surface area (Å²) < 4.78 is 5.01. The molecule has 0 aromatic carbocycles. The van der Waals surface area contributed by atoms with Crippen LogP contribution in [0.3, 0.4) is 0 Å². The van der Waals surface area contributed by atoms with Gasteiger partial charge in [-0.15, -0.1) is 0 Å². The molecule has 2 heterocycles. The Labute approximate surface area is 104 Å². The van der Waals surface area contributed by atoms with E-state index in [1.54, 1.807) is 12.1 Å². The van der Waals surface area contributed by atoms with Crippen LogP contribution in [0, 0.1) is 0 Å². The van der Waals surface area contributed by atoms with E-state index in [0.717, 1.165) is 0 Å². The molecule has 0 saturated carbocycles. The molecule has 18 heavy (non-hydrogen) atoms. The number of fused-ring (bicyclic) bond motifs is 1. The van der Waals surface area contributed by atoms with E-state index in [-0.39, 0.29) is 5.91 Å². The van der Waals surface area contributed by atoms with Gasteiger partial charge < -0.3 is 14.7 Å². The summed E-state index contributed by atoms with van der Waals surface area (Å²) >= 11 is 0. The first-order valence-electron chi connectivity index (χ1n) is 5.58. The number of methoxy groups -OCH3 is 1. The van der Waals surface area contributed by atoms with E-state index in [1.807, 2.05) is 0 Å². The summed E-state index contributed by atoms with van der Waals surface area (Å²) in [6, 6.07) is 2.32. The minimum atomic E-state index is -1.04. The van der Waals surface area contributed by atoms with E-state index in [1.165, 1.54) is 18.9 Å². The van der Waals surface area contributed by atoms with Gasteiger partial charge in [-0.3, -0.25) is 4.79 Å². The van der Waals surface area contributed by atoms with Crippen LogP contribution in [0.25, 0.3) is 0 Å². The minimum absolute atomic E-state index is 0.246. The average molecular weight is 250 g/mol. The minimum Gasteiger partial charge on any atom is -0.481 e. The first-order chi connectivity index (χ1) is 8.54. The normalized spacial score (nSPS) is 18.1. The van der Waals surface area contributed by atoms with Crippen LogP contribution in [-0.2, 0) is 16.0 Å². The van der Waals surface area contributed by atoms with Crippen LogP contribution in [0.1, 0.15) is 24.2 Å². The SMILES string of the molecule is COc1ccc2c(n1)CCN(C(C)=O)C2C(=O)O. The monoisotopic (exact) mass is 250 g/mol. The third kappa shape index (κ3) is 2.01. The number of carbonyl (C=O) groups is 2. The van der Waals surface area contributed by atoms with E-state index < -0.39 is 12.0 Å². The molecule has 1 aromatic heterocycles. The molecule has 1 amide bonds. The Bertz CT molecular complexity index is 501. The lowest BCUT2D eigenvalue weighted by Crippen LogP contribution is -2.42. The lowest BCUT2D eigenvalue weighted by molar-refractivity contribution is -0.150. The number of aromatic nitrogens is 1. The maximum absolute atomic E-state index is 11.5. The Morgan fingerprint density at radius 3 is 2.78 bits per heavy atom. The van der Waals surface area contributed by atoms with Crippen molar-refractivity contribution in [2.45, 2.75) is 19.4 Å². The summed E-state index contributed by atoms with van der Waals surface area (Å²) in [5, 5.41) is 9.28. The summed E-state index contributed by atoms with van der Waals surface area (Å²) in [5.41, 5.74) is 1.24. The summed E-state index contributed by atoms with van der Waals surface area (Å²) in [4.78, 5) is 28.4. The number of rotatable bonds is 2. The first kappa shape index (κ1) is 12.3. The van der Waals surface area contributed by atoms with Crippen molar-refractivity contribution < 1.29 is 19.4 Å². The lowest BCUT2D eigenvalue weighted by Gasteiger charge is -2.33. The number of aliphatic carboxylic acids is 1. The van der Waals surface area contributed by atoms with E-state index in [4.69, 9.17) is 4.74 Å². The van der Waals surface area contributed by atoms with Gasteiger partial charge in [0.25, 0.3) is 0 Å². The van der Waals surface area contributed by atoms with Gasteiger partial charge in [0, 0.05) is 31.5 Å². The van der Waals surface area contributed by atoms with Crippen molar-refractivity contribution in [1.82, 2.24) is 9.88 Å². The van der Waals surface area contributed by atoms with Crippen molar-refractivity contribution in [3.05, 3.63) is 23.4 Å². The number of carbonyl (C=O) groups excluding carboxylic acids is 1. The van der Waals surface area contributed by atoms with E-state index in [9.17, 15) is 14.7 Å². The molecule has 0 spiro atoms. The Balaban J connectivity index is 2.46. The Morgan fingerprint density at radius 1 is 1.50 bits per heavy atom. The Kier molecular flexibility index (Phi) is 3.18. The fraction of sp³-hybridized carbons (Fsp3) is 0.417. The highest BCUT2D eigenvalue weighted by molar-refractivity contribution is 5.84. The second-order valence-electron chi connectivity index (χ2n) is 4.09. The van der Waals surface area contributed by atoms with E-state index in [0.29, 0.717) is 30.1 Å². The zero-order valence-corrected chi connectivity index (χ0v) is 10.2. The smallest absolute Gasteiger partial charge is 0.331 e. The molecule has 0 aliphatic carbocycles. The van der Waals surface area contributed by atoms with Gasteiger partial charge in [-0.1, -0.05) is 0 Å². The number of hydrogen-bond acceptors (Lipinski definition) is 4. The fourth-order valence-corrected chi connectivity index (χ4v) is 2.18. The molecular weight excluding hydrogens is 236 g/mol. The lowest BCUT2D eigenvalue weighted by atomic mass is 9.97. The molecule has 0 radical (unpaired) electrons. The van der Waals surface area contributed by atoms with Crippen LogP contribution >= 0.6 is 0 Å². The zero-order valence-electron chi connectivity index (χ0n) is 10.2. The molecule has 1 unspecified atom stereocenters. The predicted octanol–water partition coefficient (Wildman–Crippen LogP) is 0.621. The fourth-order valence-electron chi connectivity index (χ4n) is 2.18. The highest BCUT2D eigenvalue weighted by atomic mass is 16.5. The van der Waals surface area contributed by atoms with Gasteiger partial charge in [-0.05, 0) is 6.07 Å². The number of ether oxygens (including phenoxy) is 1. The molecule has 1 aliphatic heterocycles. The molecule has 6 nitrogen and oxygen atoms in total. The molecule has 1 N–H and O–H groups in total. The summed E-state index contributed by atoms with van der Waals surface area (Å²) in [6.45, 7) is 1.73. The third-order valence-electron chi connectivity index (χ3n) is 3.03. The van der Waals surface area contributed by atoms with Gasteiger partial charge in [0.1, 0.15) is 0 Å². The molecule has 96 valence electrons. The Hall–Kier alpha value is -2.11. The van der Waals surface area contributed by atoms with E-state index in [2.05, 4.69) is 4.98 Å². The van der Waals surface area contributed by atoms with Crippen molar-refractivity contribution in [3.8, 4) is 5.88 Å². The maximum Gasteiger partial charge on any atom is 0.331 e. The van der Waals surface area contributed by atoms with Crippen molar-refractivity contribution in [2.24, 2.45) is 0 Å². The van der Waals surface area contributed by atoms with Crippen molar-refractivity contribution in [1.29, 1.82) is 0 Å². The van der Waals surface area contributed by atoms with Crippen LogP contribution in [0.4, 0.5) is 0 Å². The molecule has 2 rings (SSSR count). The van der Waals surface area contributed by atoms with Crippen LogP contribution in [0.15, 0.2) is 12.1 Å². The molecule has 1 aromatic rings. The molecular formula is C12H14N2O4. The number of carboxylic acid groups (broad SMARTS) is 1. The summed E-state index contributed by atoms with van der Waals surface area (Å²) in [5.74, 6) is -0.837. The van der Waals surface area contributed by atoms with Gasteiger partial charge in [-0.25, -0.2) is 9.78 Å². The number of hydrogen-bond donors (Lipinski definition) is 1. The van der Waals surface area contributed by atoms with Crippen molar-refractivity contribution >= 4 is 11.9 Å². The summed E-state index contributed by atoms with van der Waals surface area (Å²) in [6.07, 6.45) is 0.538. The molecule has 0 bridgehead atoms. The number of nitrogens with zero attached hydrogens (tertiary/aromatic N) is 2. The predicted molar refractivity (Wildman–Crippen MR) is 62.3 cm³/mol. The quantitative estimate of drug-likeness (QED) is 0.832. The van der Waals surface area contributed by atoms with Crippen LogP contribution < -0.4 is 4.74 Å².